The molecule has 0 aliphatic rings. The summed E-state index contributed by atoms with van der Waals surface area (Å²) in [7, 11) is 0. The maximum Gasteiger partial charge on any atom is 0.339 e. The number of rotatable bonds is 3. The topological polar surface area (TPSA) is 26.3 Å². The maximum atomic E-state index is 11.0. The van der Waals surface area contributed by atoms with Crippen molar-refractivity contribution in [1.82, 2.24) is 0 Å². The Kier molecular flexibility index (Phi) is 3.11. The highest BCUT2D eigenvalue weighted by molar-refractivity contribution is 7.07. The van der Waals surface area contributed by atoms with Crippen LogP contribution in [0.5, 0.6) is 0 Å². The van der Waals surface area contributed by atoms with E-state index in [4.69, 9.17) is 4.74 Å². The van der Waals surface area contributed by atoms with E-state index >= 15 is 0 Å². The Balaban J connectivity index is 2.43. The molecule has 2 nitrogen and oxygen atoms in total. The normalized spacial score (nSPS) is 9.55. The zero-order chi connectivity index (χ0) is 8.10. The van der Waals surface area contributed by atoms with Gasteiger partial charge in [-0.25, -0.2) is 4.79 Å². The van der Waals surface area contributed by atoms with Gasteiger partial charge in [0, 0.05) is 0 Å². The average molecular weight is 169 g/mol. The molecule has 1 aromatic rings. The van der Waals surface area contributed by atoms with E-state index in [1.807, 2.05) is 12.3 Å². The quantitative estimate of drug-likeness (QED) is 0.648. The molecular weight excluding hydrogens is 160 g/mol. The van der Waals surface area contributed by atoms with Crippen molar-refractivity contribution in [2.45, 2.75) is 13.3 Å². The van der Waals surface area contributed by atoms with Gasteiger partial charge in [0.1, 0.15) is 0 Å². The number of thiophene rings is 1. The first-order chi connectivity index (χ1) is 5.34. The molecule has 0 aromatic carbocycles. The first-order valence-corrected chi connectivity index (χ1v) is 4.35. The van der Waals surface area contributed by atoms with Crippen LogP contribution in [0, 0.1) is 5.38 Å². The SMILES string of the molecule is CCCOC(=O)c1[c]scc1. The molecule has 0 saturated heterocycles. The summed E-state index contributed by atoms with van der Waals surface area (Å²) in [5, 5.41) is 4.62. The van der Waals surface area contributed by atoms with E-state index in [2.05, 4.69) is 5.38 Å². The summed E-state index contributed by atoms with van der Waals surface area (Å²) in [5.41, 5.74) is 0.531. The number of esters is 1. The Morgan fingerprint density at radius 3 is 3.18 bits per heavy atom. The van der Waals surface area contributed by atoms with Crippen LogP contribution in [0.4, 0.5) is 0 Å². The van der Waals surface area contributed by atoms with Crippen molar-refractivity contribution in [1.29, 1.82) is 0 Å². The number of ether oxygens (including phenoxy) is 1. The molecule has 11 heavy (non-hydrogen) atoms. The van der Waals surface area contributed by atoms with Gasteiger partial charge in [-0.1, -0.05) is 6.92 Å². The highest BCUT2D eigenvalue weighted by atomic mass is 32.1. The van der Waals surface area contributed by atoms with E-state index in [1.165, 1.54) is 11.3 Å². The molecule has 0 bridgehead atoms. The fourth-order valence-corrected chi connectivity index (χ4v) is 1.17. The Bertz CT molecular complexity index is 216. The molecule has 0 unspecified atom stereocenters. The van der Waals surface area contributed by atoms with Crippen LogP contribution in [0.15, 0.2) is 11.4 Å². The van der Waals surface area contributed by atoms with Crippen LogP contribution in [0.1, 0.15) is 23.7 Å². The smallest absolute Gasteiger partial charge is 0.339 e. The van der Waals surface area contributed by atoms with Crippen LogP contribution in [0.2, 0.25) is 0 Å². The number of carbonyl (C=O) groups is 1. The molecule has 3 heteroatoms. The summed E-state index contributed by atoms with van der Waals surface area (Å²) in [6.07, 6.45) is 0.857. The largest absolute Gasteiger partial charge is 0.462 e. The molecule has 1 radical (unpaired) electrons. The van der Waals surface area contributed by atoms with Gasteiger partial charge in [0.2, 0.25) is 0 Å². The molecule has 0 aliphatic carbocycles. The predicted molar refractivity (Wildman–Crippen MR) is 43.7 cm³/mol. The summed E-state index contributed by atoms with van der Waals surface area (Å²) in [5.74, 6) is -0.270. The monoisotopic (exact) mass is 169 g/mol. The van der Waals surface area contributed by atoms with Crippen molar-refractivity contribution in [3.8, 4) is 0 Å². The van der Waals surface area contributed by atoms with Gasteiger partial charge < -0.3 is 4.74 Å². The van der Waals surface area contributed by atoms with Gasteiger partial charge >= 0.3 is 5.97 Å². The second kappa shape index (κ2) is 4.13. The Labute approximate surface area is 69.8 Å². The summed E-state index contributed by atoms with van der Waals surface area (Å²) >= 11 is 1.38. The van der Waals surface area contributed by atoms with Gasteiger partial charge in [0.15, 0.2) is 0 Å². The molecule has 0 atom stereocenters. The molecule has 0 saturated carbocycles. The molecule has 0 N–H and O–H groups in total. The van der Waals surface area contributed by atoms with Crippen molar-refractivity contribution in [2.24, 2.45) is 0 Å². The molecule has 0 fully saturated rings. The van der Waals surface area contributed by atoms with Gasteiger partial charge in [-0.15, -0.1) is 11.3 Å². The third-order valence-electron chi connectivity index (χ3n) is 1.13. The zero-order valence-corrected chi connectivity index (χ0v) is 7.11. The lowest BCUT2D eigenvalue weighted by Crippen LogP contribution is -2.04. The standard InChI is InChI=1S/C8H9O2S/c1-2-4-10-8(9)7-3-5-11-6-7/h3,5H,2,4H2,1H3. The molecule has 1 aromatic heterocycles. The van der Waals surface area contributed by atoms with Gasteiger partial charge in [0.25, 0.3) is 0 Å². The predicted octanol–water partition coefficient (Wildman–Crippen LogP) is 2.12. The maximum absolute atomic E-state index is 11.0. The molecule has 1 heterocycles. The fraction of sp³-hybridized carbons (Fsp3) is 0.375. The Morgan fingerprint density at radius 2 is 2.64 bits per heavy atom. The third kappa shape index (κ3) is 2.35. The van der Waals surface area contributed by atoms with Crippen LogP contribution in [0.25, 0.3) is 0 Å². The zero-order valence-electron chi connectivity index (χ0n) is 6.29. The highest BCUT2D eigenvalue weighted by Crippen LogP contribution is 2.06. The first-order valence-electron chi connectivity index (χ1n) is 3.47. The van der Waals surface area contributed by atoms with E-state index in [-0.39, 0.29) is 5.97 Å². The van der Waals surface area contributed by atoms with E-state index in [1.54, 1.807) is 6.07 Å². The van der Waals surface area contributed by atoms with Crippen molar-refractivity contribution >= 4 is 17.3 Å². The molecule has 0 spiro atoms. The van der Waals surface area contributed by atoms with E-state index in [9.17, 15) is 4.79 Å². The van der Waals surface area contributed by atoms with Crippen molar-refractivity contribution in [2.75, 3.05) is 6.61 Å². The van der Waals surface area contributed by atoms with Gasteiger partial charge in [0.05, 0.1) is 17.6 Å². The van der Waals surface area contributed by atoms with Gasteiger partial charge in [-0.05, 0) is 17.9 Å². The second-order valence-electron chi connectivity index (χ2n) is 2.07. The summed E-state index contributed by atoms with van der Waals surface area (Å²) < 4.78 is 4.87. The van der Waals surface area contributed by atoms with E-state index in [0.29, 0.717) is 12.2 Å². The Hall–Kier alpha value is -0.830. The van der Waals surface area contributed by atoms with Crippen LogP contribution < -0.4 is 0 Å². The number of hydrogen-bond donors (Lipinski definition) is 0. The lowest BCUT2D eigenvalue weighted by molar-refractivity contribution is 0.0505. The van der Waals surface area contributed by atoms with Crippen molar-refractivity contribution in [3.63, 3.8) is 0 Å². The van der Waals surface area contributed by atoms with Crippen LogP contribution in [0.3, 0.4) is 0 Å². The van der Waals surface area contributed by atoms with Crippen LogP contribution >= 0.6 is 11.3 Å². The van der Waals surface area contributed by atoms with Crippen molar-refractivity contribution < 1.29 is 9.53 Å². The molecule has 0 amide bonds. The minimum absolute atomic E-state index is 0.270. The summed E-state index contributed by atoms with van der Waals surface area (Å²) in [6, 6.07) is 1.71. The fourth-order valence-electron chi connectivity index (χ4n) is 0.616. The number of hydrogen-bond acceptors (Lipinski definition) is 3. The number of carbonyl (C=O) groups excluding carboxylic acids is 1. The van der Waals surface area contributed by atoms with Gasteiger partial charge in [-0.2, -0.15) is 0 Å². The van der Waals surface area contributed by atoms with Gasteiger partial charge in [-0.3, -0.25) is 0 Å². The van der Waals surface area contributed by atoms with E-state index in [0.717, 1.165) is 6.42 Å². The lowest BCUT2D eigenvalue weighted by atomic mass is 10.3. The van der Waals surface area contributed by atoms with Crippen LogP contribution in [-0.2, 0) is 4.74 Å². The molecule has 0 aliphatic heterocycles. The molecular formula is C8H9O2S. The summed E-state index contributed by atoms with van der Waals surface area (Å²) in [4.78, 5) is 11.0. The first kappa shape index (κ1) is 8.27. The summed E-state index contributed by atoms with van der Waals surface area (Å²) in [6.45, 7) is 2.45. The third-order valence-corrected chi connectivity index (χ3v) is 1.74. The lowest BCUT2D eigenvalue weighted by Gasteiger charge is -1.98. The Morgan fingerprint density at radius 1 is 1.82 bits per heavy atom. The molecule has 1 rings (SSSR count). The molecule has 59 valence electrons. The highest BCUT2D eigenvalue weighted by Gasteiger charge is 2.05. The van der Waals surface area contributed by atoms with Crippen molar-refractivity contribution in [3.05, 3.63) is 22.4 Å². The minimum atomic E-state index is -0.270. The minimum Gasteiger partial charge on any atom is -0.462 e. The van der Waals surface area contributed by atoms with Crippen LogP contribution in [-0.4, -0.2) is 12.6 Å². The van der Waals surface area contributed by atoms with E-state index < -0.39 is 0 Å². The average Bonchev–Trinajstić information content (AvgIpc) is 2.52. The second-order valence-corrected chi connectivity index (χ2v) is 2.78.